The summed E-state index contributed by atoms with van der Waals surface area (Å²) in [6, 6.07) is 7.78. The van der Waals surface area contributed by atoms with Gasteiger partial charge in [0.1, 0.15) is 23.7 Å². The van der Waals surface area contributed by atoms with Gasteiger partial charge in [0.25, 0.3) is 0 Å². The quantitative estimate of drug-likeness (QED) is 0.795. The van der Waals surface area contributed by atoms with Crippen molar-refractivity contribution >= 4 is 11.3 Å². The topological polar surface area (TPSA) is 63.7 Å². The Morgan fingerprint density at radius 3 is 2.73 bits per heavy atom. The number of nitrogens with zero attached hydrogens (tertiary/aromatic N) is 3. The van der Waals surface area contributed by atoms with Crippen LogP contribution >= 0.6 is 11.3 Å². The van der Waals surface area contributed by atoms with Crippen LogP contribution in [0.2, 0.25) is 0 Å². The number of para-hydroxylation sites is 1. The molecule has 0 amide bonds. The predicted molar refractivity (Wildman–Crippen MR) is 87.0 cm³/mol. The first kappa shape index (κ1) is 14.7. The van der Waals surface area contributed by atoms with E-state index in [1.807, 2.05) is 24.3 Å². The van der Waals surface area contributed by atoms with Crippen LogP contribution in [0.1, 0.15) is 31.5 Å². The average Bonchev–Trinajstić information content (AvgIpc) is 3.16. The minimum Gasteiger partial charge on any atom is -0.486 e. The van der Waals surface area contributed by atoms with Gasteiger partial charge in [-0.05, 0) is 12.1 Å². The van der Waals surface area contributed by atoms with Crippen LogP contribution < -0.4 is 4.74 Å². The number of hydrogen-bond acceptors (Lipinski definition) is 5. The first-order chi connectivity index (χ1) is 10.5. The fourth-order valence-electron chi connectivity index (χ4n) is 1.98. The largest absolute Gasteiger partial charge is 0.486 e. The van der Waals surface area contributed by atoms with E-state index in [-0.39, 0.29) is 5.41 Å². The van der Waals surface area contributed by atoms with Crippen LogP contribution in [0.15, 0.2) is 36.0 Å². The lowest BCUT2D eigenvalue weighted by Gasteiger charge is -2.14. The zero-order valence-electron chi connectivity index (χ0n) is 12.8. The molecule has 2 aromatic heterocycles. The molecule has 5 nitrogen and oxygen atoms in total. The monoisotopic (exact) mass is 314 g/mol. The van der Waals surface area contributed by atoms with Gasteiger partial charge in [-0.1, -0.05) is 32.9 Å². The van der Waals surface area contributed by atoms with Crippen LogP contribution in [0.4, 0.5) is 0 Å². The highest BCUT2D eigenvalue weighted by molar-refractivity contribution is 7.09. The molecule has 0 saturated carbocycles. The maximum atomic E-state index is 5.93. The lowest BCUT2D eigenvalue weighted by molar-refractivity contribution is 0.306. The van der Waals surface area contributed by atoms with Gasteiger partial charge in [0, 0.05) is 10.8 Å². The van der Waals surface area contributed by atoms with Crippen LogP contribution in [0.3, 0.4) is 0 Å². The van der Waals surface area contributed by atoms with Gasteiger partial charge in [0.2, 0.25) is 0 Å². The SMILES string of the molecule is CC(C)(C)c1csc(COc2ccccc2-c2ncn[nH]2)n1. The van der Waals surface area contributed by atoms with Gasteiger partial charge in [-0.15, -0.1) is 11.3 Å². The number of aromatic nitrogens is 4. The summed E-state index contributed by atoms with van der Waals surface area (Å²) < 4.78 is 5.93. The lowest BCUT2D eigenvalue weighted by Crippen LogP contribution is -2.11. The predicted octanol–water partition coefficient (Wildman–Crippen LogP) is 3.80. The van der Waals surface area contributed by atoms with Gasteiger partial charge >= 0.3 is 0 Å². The van der Waals surface area contributed by atoms with E-state index in [1.54, 1.807) is 11.3 Å². The Morgan fingerprint density at radius 1 is 1.23 bits per heavy atom. The van der Waals surface area contributed by atoms with Crippen molar-refractivity contribution < 1.29 is 4.74 Å². The second-order valence-electron chi connectivity index (χ2n) is 6.00. The molecule has 114 valence electrons. The fraction of sp³-hybridized carbons (Fsp3) is 0.312. The summed E-state index contributed by atoms with van der Waals surface area (Å²) in [6.07, 6.45) is 1.49. The Hall–Kier alpha value is -2.21. The summed E-state index contributed by atoms with van der Waals surface area (Å²) in [7, 11) is 0. The maximum absolute atomic E-state index is 5.93. The number of benzene rings is 1. The summed E-state index contributed by atoms with van der Waals surface area (Å²) in [6.45, 7) is 6.93. The summed E-state index contributed by atoms with van der Waals surface area (Å²) in [4.78, 5) is 8.83. The van der Waals surface area contributed by atoms with Crippen LogP contribution in [-0.4, -0.2) is 20.2 Å². The first-order valence-corrected chi connectivity index (χ1v) is 7.94. The summed E-state index contributed by atoms with van der Waals surface area (Å²) in [5, 5.41) is 9.82. The van der Waals surface area contributed by atoms with Crippen LogP contribution in [0, 0.1) is 0 Å². The highest BCUT2D eigenvalue weighted by atomic mass is 32.1. The molecule has 22 heavy (non-hydrogen) atoms. The van der Waals surface area contributed by atoms with E-state index in [0.29, 0.717) is 12.4 Å². The van der Waals surface area contributed by atoms with E-state index in [2.05, 4.69) is 46.3 Å². The van der Waals surface area contributed by atoms with Crippen molar-refractivity contribution in [3.63, 3.8) is 0 Å². The zero-order valence-corrected chi connectivity index (χ0v) is 13.6. The number of thiazole rings is 1. The Kier molecular flexibility index (Phi) is 3.94. The molecule has 0 spiro atoms. The Morgan fingerprint density at radius 2 is 2.05 bits per heavy atom. The van der Waals surface area contributed by atoms with E-state index < -0.39 is 0 Å². The second-order valence-corrected chi connectivity index (χ2v) is 6.94. The molecule has 0 atom stereocenters. The zero-order chi connectivity index (χ0) is 15.6. The van der Waals surface area contributed by atoms with E-state index in [0.717, 1.165) is 22.0 Å². The van der Waals surface area contributed by atoms with Gasteiger partial charge in [-0.3, -0.25) is 5.10 Å². The van der Waals surface area contributed by atoms with E-state index in [9.17, 15) is 0 Å². The number of nitrogens with one attached hydrogen (secondary N) is 1. The Balaban J connectivity index is 1.76. The van der Waals surface area contributed by atoms with Crippen LogP contribution in [0.5, 0.6) is 5.75 Å². The third kappa shape index (κ3) is 3.17. The standard InChI is InChI=1S/C16H18N4OS/c1-16(2,3)13-9-22-14(19-13)8-21-12-7-5-4-6-11(12)15-17-10-18-20-15/h4-7,9-10H,8H2,1-3H3,(H,17,18,20). The van der Waals surface area contributed by atoms with E-state index >= 15 is 0 Å². The van der Waals surface area contributed by atoms with Crippen molar-refractivity contribution in [1.82, 2.24) is 20.2 Å². The minimum atomic E-state index is 0.0620. The van der Waals surface area contributed by atoms with Crippen molar-refractivity contribution in [3.05, 3.63) is 46.7 Å². The number of rotatable bonds is 4. The maximum Gasteiger partial charge on any atom is 0.159 e. The molecule has 0 aliphatic heterocycles. The molecular formula is C16H18N4OS. The number of aromatic amines is 1. The van der Waals surface area contributed by atoms with E-state index in [4.69, 9.17) is 4.74 Å². The fourth-order valence-corrected chi connectivity index (χ4v) is 2.92. The molecule has 1 N–H and O–H groups in total. The van der Waals surface area contributed by atoms with Crippen LogP contribution in [-0.2, 0) is 12.0 Å². The molecule has 0 saturated heterocycles. The molecule has 0 unspecified atom stereocenters. The third-order valence-corrected chi connectivity index (χ3v) is 4.05. The molecule has 3 aromatic rings. The molecule has 0 fully saturated rings. The Bertz CT molecular complexity index is 744. The van der Waals surface area contributed by atoms with Crippen molar-refractivity contribution in [2.24, 2.45) is 0 Å². The third-order valence-electron chi connectivity index (χ3n) is 3.23. The van der Waals surface area contributed by atoms with Gasteiger partial charge in [-0.25, -0.2) is 9.97 Å². The Labute approximate surface area is 133 Å². The van der Waals surface area contributed by atoms with Crippen molar-refractivity contribution in [1.29, 1.82) is 0 Å². The number of hydrogen-bond donors (Lipinski definition) is 1. The lowest BCUT2D eigenvalue weighted by atomic mass is 9.93. The molecule has 2 heterocycles. The van der Waals surface area contributed by atoms with Gasteiger partial charge in [-0.2, -0.15) is 5.10 Å². The molecule has 0 bridgehead atoms. The molecule has 0 aliphatic carbocycles. The average molecular weight is 314 g/mol. The molecule has 0 aliphatic rings. The molecule has 1 aromatic carbocycles. The first-order valence-electron chi connectivity index (χ1n) is 7.06. The normalized spacial score (nSPS) is 11.6. The van der Waals surface area contributed by atoms with Crippen molar-refractivity contribution in [2.75, 3.05) is 0 Å². The summed E-state index contributed by atoms with van der Waals surface area (Å²) in [5.74, 6) is 1.47. The van der Waals surface area contributed by atoms with Gasteiger partial charge < -0.3 is 4.74 Å². The van der Waals surface area contributed by atoms with Gasteiger partial charge in [0.05, 0.1) is 11.3 Å². The van der Waals surface area contributed by atoms with E-state index in [1.165, 1.54) is 6.33 Å². The number of ether oxygens (including phenoxy) is 1. The molecular weight excluding hydrogens is 296 g/mol. The van der Waals surface area contributed by atoms with Gasteiger partial charge in [0.15, 0.2) is 5.82 Å². The molecule has 3 rings (SSSR count). The van der Waals surface area contributed by atoms with Crippen molar-refractivity contribution in [3.8, 4) is 17.1 Å². The summed E-state index contributed by atoms with van der Waals surface area (Å²) >= 11 is 1.63. The minimum absolute atomic E-state index is 0.0620. The number of H-pyrrole nitrogens is 1. The van der Waals surface area contributed by atoms with Crippen LogP contribution in [0.25, 0.3) is 11.4 Å². The molecule has 0 radical (unpaired) electrons. The molecule has 6 heteroatoms. The summed E-state index contributed by atoms with van der Waals surface area (Å²) in [5.41, 5.74) is 2.05. The highest BCUT2D eigenvalue weighted by Crippen LogP contribution is 2.28. The smallest absolute Gasteiger partial charge is 0.159 e. The second kappa shape index (κ2) is 5.88. The van der Waals surface area contributed by atoms with Crippen molar-refractivity contribution in [2.45, 2.75) is 32.8 Å². The highest BCUT2D eigenvalue weighted by Gasteiger charge is 2.17.